The summed E-state index contributed by atoms with van der Waals surface area (Å²) in [6, 6.07) is -0.231. The highest BCUT2D eigenvalue weighted by Gasteiger charge is 1.84. The summed E-state index contributed by atoms with van der Waals surface area (Å²) in [5.41, 5.74) is 1.88. The Morgan fingerprint density at radius 1 is 2.00 bits per heavy atom. The first kappa shape index (κ1) is 5.48. The van der Waals surface area contributed by atoms with E-state index in [0.717, 1.165) is 0 Å². The second-order valence-electron chi connectivity index (χ2n) is 1.02. The van der Waals surface area contributed by atoms with Gasteiger partial charge in [-0.25, -0.2) is 0 Å². The van der Waals surface area contributed by atoms with Crippen LogP contribution >= 0.6 is 0 Å². The third-order valence-electron chi connectivity index (χ3n) is 0.444. The molecule has 34 valence electrons. The van der Waals surface area contributed by atoms with Crippen molar-refractivity contribution >= 4 is 0 Å². The maximum Gasteiger partial charge on any atom is 0.0895 e. The minimum Gasteiger partial charge on any atom is -0.316 e. The van der Waals surface area contributed by atoms with Crippen molar-refractivity contribution in [3.8, 4) is 12.3 Å². The number of rotatable bonds is 1. The topological polar surface area (TPSA) is 32.3 Å². The van der Waals surface area contributed by atoms with Crippen LogP contribution in [0.15, 0.2) is 0 Å². The van der Waals surface area contributed by atoms with Crippen LogP contribution in [0.5, 0.6) is 0 Å². The van der Waals surface area contributed by atoms with Gasteiger partial charge in [-0.2, -0.15) is 5.48 Å². The van der Waals surface area contributed by atoms with E-state index in [0.29, 0.717) is 0 Å². The van der Waals surface area contributed by atoms with Gasteiger partial charge in [0.25, 0.3) is 0 Å². The lowest BCUT2D eigenvalue weighted by molar-refractivity contribution is 0.152. The lowest BCUT2D eigenvalue weighted by atomic mass is 10.4. The lowest BCUT2D eigenvalue weighted by Crippen LogP contribution is -2.18. The maximum absolute atomic E-state index is 7.94. The van der Waals surface area contributed by atoms with E-state index in [4.69, 9.17) is 11.6 Å². The first-order valence-electron chi connectivity index (χ1n) is 1.67. The predicted octanol–water partition coefficient (Wildman–Crippen LogP) is -0.0131. The quantitative estimate of drug-likeness (QED) is 0.346. The third kappa shape index (κ3) is 1.77. The second-order valence-corrected chi connectivity index (χ2v) is 1.02. The molecule has 6 heavy (non-hydrogen) atoms. The number of terminal acetylenes is 1. The highest BCUT2D eigenvalue weighted by atomic mass is 16.5. The third-order valence-corrected chi connectivity index (χ3v) is 0.444. The number of hydroxylamine groups is 1. The zero-order valence-corrected chi connectivity index (χ0v) is 3.60. The van der Waals surface area contributed by atoms with Gasteiger partial charge in [-0.1, -0.05) is 5.92 Å². The van der Waals surface area contributed by atoms with Crippen molar-refractivity contribution in [2.45, 2.75) is 13.0 Å². The fourth-order valence-electron chi connectivity index (χ4n) is 0.0373. The van der Waals surface area contributed by atoms with Crippen LogP contribution in [-0.4, -0.2) is 11.2 Å². The molecular formula is C4H7NO. The van der Waals surface area contributed by atoms with Crippen molar-refractivity contribution in [3.05, 3.63) is 0 Å². The summed E-state index contributed by atoms with van der Waals surface area (Å²) in [4.78, 5) is 0. The fourth-order valence-corrected chi connectivity index (χ4v) is 0.0373. The van der Waals surface area contributed by atoms with Crippen molar-refractivity contribution in [2.75, 3.05) is 0 Å². The SMILES string of the molecule is C#CC(C)NO. The van der Waals surface area contributed by atoms with Crippen LogP contribution in [0.3, 0.4) is 0 Å². The molecule has 0 aromatic carbocycles. The van der Waals surface area contributed by atoms with Crippen LogP contribution < -0.4 is 5.48 Å². The molecule has 0 aromatic heterocycles. The molecule has 0 aliphatic carbocycles. The van der Waals surface area contributed by atoms with Gasteiger partial charge in [-0.05, 0) is 6.92 Å². The minimum atomic E-state index is -0.231. The van der Waals surface area contributed by atoms with Crippen LogP contribution in [0.2, 0.25) is 0 Å². The van der Waals surface area contributed by atoms with Gasteiger partial charge in [0.05, 0.1) is 6.04 Å². The minimum absolute atomic E-state index is 0.231. The Morgan fingerprint density at radius 2 is 2.50 bits per heavy atom. The molecular weight excluding hydrogens is 78.0 g/mol. The van der Waals surface area contributed by atoms with Gasteiger partial charge in [0.15, 0.2) is 0 Å². The van der Waals surface area contributed by atoms with Crippen LogP contribution in [-0.2, 0) is 0 Å². The molecule has 0 aromatic rings. The lowest BCUT2D eigenvalue weighted by Gasteiger charge is -1.93. The summed E-state index contributed by atoms with van der Waals surface area (Å²) < 4.78 is 0. The summed E-state index contributed by atoms with van der Waals surface area (Å²) in [5, 5.41) is 7.94. The molecule has 0 saturated carbocycles. The van der Waals surface area contributed by atoms with Crippen molar-refractivity contribution in [1.29, 1.82) is 0 Å². The summed E-state index contributed by atoms with van der Waals surface area (Å²) >= 11 is 0. The van der Waals surface area contributed by atoms with Crippen LogP contribution in [0, 0.1) is 12.3 Å². The van der Waals surface area contributed by atoms with E-state index in [2.05, 4.69) is 5.92 Å². The Hall–Kier alpha value is -0.520. The smallest absolute Gasteiger partial charge is 0.0895 e. The molecule has 0 heterocycles. The van der Waals surface area contributed by atoms with Gasteiger partial charge in [-0.3, -0.25) is 0 Å². The molecule has 0 amide bonds. The monoisotopic (exact) mass is 85.1 g/mol. The molecule has 0 aliphatic rings. The van der Waals surface area contributed by atoms with Gasteiger partial charge in [0, 0.05) is 0 Å². The highest BCUT2D eigenvalue weighted by Crippen LogP contribution is 1.67. The summed E-state index contributed by atoms with van der Waals surface area (Å²) in [6.07, 6.45) is 4.81. The molecule has 0 saturated heterocycles. The van der Waals surface area contributed by atoms with Gasteiger partial charge < -0.3 is 5.21 Å². The molecule has 0 aliphatic heterocycles. The van der Waals surface area contributed by atoms with Crippen LogP contribution in [0.4, 0.5) is 0 Å². The average molecular weight is 85.1 g/mol. The molecule has 2 N–H and O–H groups in total. The molecule has 1 atom stereocenters. The average Bonchev–Trinajstić information content (AvgIpc) is 1.65. The van der Waals surface area contributed by atoms with E-state index in [1.165, 1.54) is 0 Å². The van der Waals surface area contributed by atoms with Crippen LogP contribution in [0.25, 0.3) is 0 Å². The van der Waals surface area contributed by atoms with Crippen molar-refractivity contribution < 1.29 is 5.21 Å². The Morgan fingerprint density at radius 3 is 2.50 bits per heavy atom. The van der Waals surface area contributed by atoms with Gasteiger partial charge in [-0.15, -0.1) is 6.42 Å². The Balaban J connectivity index is 3.04. The molecule has 0 spiro atoms. The number of hydrogen-bond acceptors (Lipinski definition) is 2. The highest BCUT2D eigenvalue weighted by molar-refractivity contribution is 4.93. The normalized spacial score (nSPS) is 12.8. The van der Waals surface area contributed by atoms with Gasteiger partial charge >= 0.3 is 0 Å². The van der Waals surface area contributed by atoms with E-state index < -0.39 is 0 Å². The second kappa shape index (κ2) is 2.70. The van der Waals surface area contributed by atoms with E-state index in [1.54, 1.807) is 6.92 Å². The molecule has 1 unspecified atom stereocenters. The zero-order chi connectivity index (χ0) is 4.99. The number of hydrogen-bond donors (Lipinski definition) is 2. The van der Waals surface area contributed by atoms with E-state index >= 15 is 0 Å². The first-order valence-corrected chi connectivity index (χ1v) is 1.67. The van der Waals surface area contributed by atoms with Crippen molar-refractivity contribution in [3.63, 3.8) is 0 Å². The summed E-state index contributed by atoms with van der Waals surface area (Å²) in [6.45, 7) is 1.68. The Bertz CT molecular complexity index is 64.4. The van der Waals surface area contributed by atoms with Crippen molar-refractivity contribution in [1.82, 2.24) is 5.48 Å². The van der Waals surface area contributed by atoms with Gasteiger partial charge in [0.2, 0.25) is 0 Å². The largest absolute Gasteiger partial charge is 0.316 e. The van der Waals surface area contributed by atoms with Gasteiger partial charge in [0.1, 0.15) is 0 Å². The molecule has 0 fully saturated rings. The summed E-state index contributed by atoms with van der Waals surface area (Å²) in [5.74, 6) is 2.25. The first-order chi connectivity index (χ1) is 2.81. The predicted molar refractivity (Wildman–Crippen MR) is 23.2 cm³/mol. The fraction of sp³-hybridized carbons (Fsp3) is 0.500. The summed E-state index contributed by atoms with van der Waals surface area (Å²) in [7, 11) is 0. The van der Waals surface area contributed by atoms with Crippen molar-refractivity contribution in [2.24, 2.45) is 0 Å². The van der Waals surface area contributed by atoms with Crippen LogP contribution in [0.1, 0.15) is 6.92 Å². The zero-order valence-electron chi connectivity index (χ0n) is 3.60. The molecule has 2 heteroatoms. The molecule has 0 radical (unpaired) electrons. The van der Waals surface area contributed by atoms with E-state index in [1.807, 2.05) is 5.48 Å². The van der Waals surface area contributed by atoms with E-state index in [-0.39, 0.29) is 6.04 Å². The maximum atomic E-state index is 7.94. The van der Waals surface area contributed by atoms with E-state index in [9.17, 15) is 0 Å². The standard InChI is InChI=1S/C4H7NO/c1-3-4(2)5-6/h1,4-6H,2H3. The Kier molecular flexibility index (Phi) is 2.47. The molecule has 0 rings (SSSR count). The molecule has 2 nitrogen and oxygen atoms in total. The molecule has 0 bridgehead atoms. The Labute approximate surface area is 37.1 Å². The number of nitrogens with one attached hydrogen (secondary N) is 1.